The first-order chi connectivity index (χ1) is 7.58. The van der Waals surface area contributed by atoms with Crippen molar-refractivity contribution in [3.8, 4) is 11.3 Å². The Kier molecular flexibility index (Phi) is 3.17. The van der Waals surface area contributed by atoms with E-state index in [-0.39, 0.29) is 10.9 Å². The molecule has 0 amide bonds. The van der Waals surface area contributed by atoms with Crippen LogP contribution in [0.3, 0.4) is 0 Å². The van der Waals surface area contributed by atoms with Crippen LogP contribution in [-0.2, 0) is 0 Å². The van der Waals surface area contributed by atoms with Crippen LogP contribution in [0.1, 0.15) is 18.2 Å². The van der Waals surface area contributed by atoms with Gasteiger partial charge in [0.25, 0.3) is 0 Å². The van der Waals surface area contributed by atoms with Crippen molar-refractivity contribution in [1.29, 1.82) is 0 Å². The van der Waals surface area contributed by atoms with E-state index in [1.807, 2.05) is 0 Å². The molecule has 0 fully saturated rings. The number of nitrogens with zero attached hydrogens (tertiary/aromatic N) is 1. The van der Waals surface area contributed by atoms with E-state index in [2.05, 4.69) is 4.98 Å². The van der Waals surface area contributed by atoms with Crippen molar-refractivity contribution in [3.63, 3.8) is 0 Å². The molecule has 0 saturated heterocycles. The summed E-state index contributed by atoms with van der Waals surface area (Å²) in [6, 6.07) is 4.24. The van der Waals surface area contributed by atoms with E-state index in [9.17, 15) is 4.39 Å². The fourth-order valence-corrected chi connectivity index (χ4v) is 1.56. The van der Waals surface area contributed by atoms with Gasteiger partial charge in [-0.3, -0.25) is 0 Å². The average Bonchev–Trinajstić information content (AvgIpc) is 2.70. The van der Waals surface area contributed by atoms with Crippen molar-refractivity contribution in [3.05, 3.63) is 41.1 Å². The molecule has 0 radical (unpaired) electrons. The van der Waals surface area contributed by atoms with Crippen LogP contribution in [0, 0.1) is 5.82 Å². The average molecular weight is 260 g/mol. The van der Waals surface area contributed by atoms with Gasteiger partial charge >= 0.3 is 0 Å². The van der Waals surface area contributed by atoms with Gasteiger partial charge in [0.2, 0.25) is 5.89 Å². The van der Waals surface area contributed by atoms with Gasteiger partial charge in [-0.2, -0.15) is 0 Å². The summed E-state index contributed by atoms with van der Waals surface area (Å²) in [5.41, 5.74) is 0.281. The van der Waals surface area contributed by atoms with E-state index < -0.39 is 5.82 Å². The van der Waals surface area contributed by atoms with Crippen LogP contribution in [0.2, 0.25) is 5.02 Å². The Morgan fingerprint density at radius 3 is 2.81 bits per heavy atom. The van der Waals surface area contributed by atoms with E-state index in [4.69, 9.17) is 27.6 Å². The number of hydrogen-bond acceptors (Lipinski definition) is 2. The summed E-state index contributed by atoms with van der Waals surface area (Å²) in [6.45, 7) is 1.73. The number of alkyl halides is 1. The molecule has 0 spiro atoms. The first kappa shape index (κ1) is 11.4. The van der Waals surface area contributed by atoms with Crippen molar-refractivity contribution in [2.45, 2.75) is 12.3 Å². The van der Waals surface area contributed by atoms with Crippen LogP contribution in [0.25, 0.3) is 11.3 Å². The fraction of sp³-hybridized carbons (Fsp3) is 0.182. The first-order valence-electron chi connectivity index (χ1n) is 4.63. The van der Waals surface area contributed by atoms with Gasteiger partial charge in [0.05, 0.1) is 11.8 Å². The molecular formula is C11H8Cl2FNO. The van der Waals surface area contributed by atoms with Crippen LogP contribution >= 0.6 is 23.2 Å². The van der Waals surface area contributed by atoms with Crippen molar-refractivity contribution in [2.75, 3.05) is 0 Å². The molecule has 16 heavy (non-hydrogen) atoms. The molecule has 1 aromatic heterocycles. The highest BCUT2D eigenvalue weighted by Gasteiger charge is 2.14. The second-order valence-corrected chi connectivity index (χ2v) is 4.39. The fourth-order valence-electron chi connectivity index (χ4n) is 1.28. The summed E-state index contributed by atoms with van der Waals surface area (Å²) in [4.78, 5) is 3.95. The van der Waals surface area contributed by atoms with Crippen molar-refractivity contribution >= 4 is 23.2 Å². The molecular weight excluding hydrogens is 252 g/mol. The summed E-state index contributed by atoms with van der Waals surface area (Å²) < 4.78 is 18.8. The lowest BCUT2D eigenvalue weighted by molar-refractivity contribution is 0.504. The van der Waals surface area contributed by atoms with Gasteiger partial charge in [0.1, 0.15) is 11.2 Å². The van der Waals surface area contributed by atoms with E-state index in [1.54, 1.807) is 6.92 Å². The third-order valence-corrected chi connectivity index (χ3v) is 2.48. The van der Waals surface area contributed by atoms with Crippen LogP contribution in [-0.4, -0.2) is 4.98 Å². The smallest absolute Gasteiger partial charge is 0.212 e. The zero-order valence-electron chi connectivity index (χ0n) is 8.38. The molecule has 1 aromatic carbocycles. The van der Waals surface area contributed by atoms with Gasteiger partial charge in [-0.15, -0.1) is 11.6 Å². The Balaban J connectivity index is 2.46. The molecule has 0 N–H and O–H groups in total. The predicted molar refractivity (Wildman–Crippen MR) is 61.2 cm³/mol. The van der Waals surface area contributed by atoms with Gasteiger partial charge in [0, 0.05) is 5.02 Å². The summed E-state index contributed by atoms with van der Waals surface area (Å²) in [7, 11) is 0. The highest BCUT2D eigenvalue weighted by molar-refractivity contribution is 6.30. The van der Waals surface area contributed by atoms with Crippen LogP contribution in [0.5, 0.6) is 0 Å². The lowest BCUT2D eigenvalue weighted by Gasteiger charge is -1.99. The van der Waals surface area contributed by atoms with Crippen molar-refractivity contribution in [1.82, 2.24) is 4.98 Å². The summed E-state index contributed by atoms with van der Waals surface area (Å²) >= 11 is 11.6. The Morgan fingerprint density at radius 1 is 1.44 bits per heavy atom. The maximum Gasteiger partial charge on any atom is 0.212 e. The number of benzene rings is 1. The molecule has 5 heteroatoms. The second-order valence-electron chi connectivity index (χ2n) is 3.30. The Labute approximate surface area is 102 Å². The number of aromatic nitrogens is 1. The van der Waals surface area contributed by atoms with E-state index >= 15 is 0 Å². The topological polar surface area (TPSA) is 26.0 Å². The van der Waals surface area contributed by atoms with Gasteiger partial charge in [-0.25, -0.2) is 9.37 Å². The second kappa shape index (κ2) is 4.44. The molecule has 0 aliphatic rings. The molecule has 1 unspecified atom stereocenters. The normalized spacial score (nSPS) is 12.8. The van der Waals surface area contributed by atoms with Gasteiger partial charge in [-0.05, 0) is 25.1 Å². The Morgan fingerprint density at radius 2 is 2.19 bits per heavy atom. The van der Waals surface area contributed by atoms with E-state index in [0.717, 1.165) is 0 Å². The number of oxazole rings is 1. The molecule has 2 aromatic rings. The van der Waals surface area contributed by atoms with Crippen LogP contribution in [0.4, 0.5) is 4.39 Å². The molecule has 2 nitrogen and oxygen atoms in total. The SMILES string of the molecule is CC(Cl)c1ncc(-c2cc(Cl)ccc2F)o1. The maximum atomic E-state index is 13.5. The number of hydrogen-bond donors (Lipinski definition) is 0. The molecule has 2 rings (SSSR count). The maximum absolute atomic E-state index is 13.5. The number of rotatable bonds is 2. The van der Waals surface area contributed by atoms with Crippen molar-refractivity contribution < 1.29 is 8.81 Å². The lowest BCUT2D eigenvalue weighted by atomic mass is 10.2. The van der Waals surface area contributed by atoms with Gasteiger partial charge < -0.3 is 4.42 Å². The lowest BCUT2D eigenvalue weighted by Crippen LogP contribution is -1.82. The van der Waals surface area contributed by atoms with Gasteiger partial charge in [-0.1, -0.05) is 11.6 Å². The summed E-state index contributed by atoms with van der Waals surface area (Å²) in [5.74, 6) is 0.271. The molecule has 1 atom stereocenters. The minimum Gasteiger partial charge on any atom is -0.439 e. The molecule has 1 heterocycles. The van der Waals surface area contributed by atoms with E-state index in [0.29, 0.717) is 16.7 Å². The van der Waals surface area contributed by atoms with Crippen LogP contribution in [0.15, 0.2) is 28.8 Å². The highest BCUT2D eigenvalue weighted by atomic mass is 35.5. The zero-order valence-corrected chi connectivity index (χ0v) is 9.89. The highest BCUT2D eigenvalue weighted by Crippen LogP contribution is 2.29. The Hall–Kier alpha value is -1.06. The number of halogens is 3. The van der Waals surface area contributed by atoms with Gasteiger partial charge in [0.15, 0.2) is 5.76 Å². The standard InChI is InChI=1S/C11H8Cl2FNO/c1-6(12)11-15-5-10(16-11)8-4-7(13)2-3-9(8)14/h2-6H,1H3. The molecule has 0 aliphatic heterocycles. The van der Waals surface area contributed by atoms with Crippen LogP contribution < -0.4 is 0 Å². The third kappa shape index (κ3) is 2.20. The molecule has 0 bridgehead atoms. The predicted octanol–water partition coefficient (Wildman–Crippen LogP) is 4.43. The monoisotopic (exact) mass is 259 g/mol. The minimum absolute atomic E-state index is 0.281. The summed E-state index contributed by atoms with van der Waals surface area (Å²) in [5, 5.41) is 0.0873. The Bertz CT molecular complexity index is 510. The third-order valence-electron chi connectivity index (χ3n) is 2.06. The molecule has 0 saturated carbocycles. The van der Waals surface area contributed by atoms with Crippen molar-refractivity contribution in [2.24, 2.45) is 0 Å². The summed E-state index contributed by atoms with van der Waals surface area (Å²) in [6.07, 6.45) is 1.43. The molecule has 0 aliphatic carbocycles. The first-order valence-corrected chi connectivity index (χ1v) is 5.44. The minimum atomic E-state index is -0.408. The molecule has 84 valence electrons. The van der Waals surface area contributed by atoms with E-state index in [1.165, 1.54) is 24.4 Å². The largest absolute Gasteiger partial charge is 0.439 e. The quantitative estimate of drug-likeness (QED) is 0.746. The zero-order chi connectivity index (χ0) is 11.7.